The van der Waals surface area contributed by atoms with E-state index in [9.17, 15) is 9.59 Å². The molecule has 0 aliphatic carbocycles. The zero-order valence-electron chi connectivity index (χ0n) is 11.9. The molecule has 1 atom stereocenters. The fraction of sp³-hybridized carbons (Fsp3) is 0.429. The molecule has 0 bridgehead atoms. The first-order valence-corrected chi connectivity index (χ1v) is 7.39. The zero-order chi connectivity index (χ0) is 16.1. The van der Waals surface area contributed by atoms with Crippen molar-refractivity contribution in [3.05, 3.63) is 22.2 Å². The monoisotopic (exact) mass is 373 g/mol. The molecule has 0 fully saturated rings. The van der Waals surface area contributed by atoms with Gasteiger partial charge in [-0.15, -0.1) is 0 Å². The Morgan fingerprint density at radius 3 is 2.59 bits per heavy atom. The molecule has 1 amide bonds. The number of amides is 1. The number of methoxy groups -OCH3 is 1. The van der Waals surface area contributed by atoms with Crippen molar-refractivity contribution in [2.75, 3.05) is 26.9 Å². The van der Waals surface area contributed by atoms with Crippen LogP contribution in [0.25, 0.3) is 0 Å². The van der Waals surface area contributed by atoms with Crippen LogP contribution in [0.2, 0.25) is 0 Å². The molecule has 0 radical (unpaired) electrons. The number of carbonyl (C=O) groups excluding carboxylic acids is 1. The predicted octanol–water partition coefficient (Wildman–Crippen LogP) is 0.979. The van der Waals surface area contributed by atoms with Crippen molar-refractivity contribution in [3.63, 3.8) is 0 Å². The average molecular weight is 374 g/mol. The van der Waals surface area contributed by atoms with E-state index in [0.29, 0.717) is 34.7 Å². The molecule has 0 saturated carbocycles. The van der Waals surface area contributed by atoms with Crippen molar-refractivity contribution in [2.45, 2.75) is 12.5 Å². The topological polar surface area (TPSA) is 94.1 Å². The second-order valence-corrected chi connectivity index (χ2v) is 5.53. The van der Waals surface area contributed by atoms with Crippen molar-refractivity contribution in [1.29, 1.82) is 0 Å². The number of carboxylic acids is 1. The van der Waals surface area contributed by atoms with Crippen LogP contribution < -0.4 is 14.8 Å². The summed E-state index contributed by atoms with van der Waals surface area (Å²) in [5, 5.41) is 11.4. The van der Waals surface area contributed by atoms with Crippen LogP contribution in [-0.4, -0.2) is 50.0 Å². The van der Waals surface area contributed by atoms with E-state index in [1.807, 2.05) is 0 Å². The summed E-state index contributed by atoms with van der Waals surface area (Å²) in [5.74, 6) is -0.368. The Morgan fingerprint density at radius 2 is 2.00 bits per heavy atom. The van der Waals surface area contributed by atoms with Crippen molar-refractivity contribution in [2.24, 2.45) is 0 Å². The van der Waals surface area contributed by atoms with Crippen LogP contribution in [0, 0.1) is 0 Å². The molecule has 120 valence electrons. The second-order valence-electron chi connectivity index (χ2n) is 4.68. The van der Waals surface area contributed by atoms with Crippen molar-refractivity contribution in [1.82, 2.24) is 5.32 Å². The van der Waals surface area contributed by atoms with Gasteiger partial charge in [0.15, 0.2) is 17.5 Å². The van der Waals surface area contributed by atoms with Crippen LogP contribution >= 0.6 is 15.9 Å². The lowest BCUT2D eigenvalue weighted by atomic mass is 10.1. The van der Waals surface area contributed by atoms with Gasteiger partial charge in [-0.25, -0.2) is 4.79 Å². The molecule has 0 saturated heterocycles. The molecule has 2 rings (SSSR count). The number of hydrogen-bond donors (Lipinski definition) is 2. The average Bonchev–Trinajstić information content (AvgIpc) is 2.47. The van der Waals surface area contributed by atoms with Gasteiger partial charge in [-0.2, -0.15) is 0 Å². The summed E-state index contributed by atoms with van der Waals surface area (Å²) in [5.41, 5.74) is 0.684. The zero-order valence-corrected chi connectivity index (χ0v) is 13.5. The third kappa shape index (κ3) is 4.11. The van der Waals surface area contributed by atoms with Gasteiger partial charge in [0.1, 0.15) is 13.2 Å². The van der Waals surface area contributed by atoms with E-state index in [0.717, 1.165) is 0 Å². The highest BCUT2D eigenvalue weighted by Crippen LogP contribution is 2.35. The minimum atomic E-state index is -1.14. The van der Waals surface area contributed by atoms with Gasteiger partial charge in [0.25, 0.3) is 0 Å². The number of fused-ring (bicyclic) bond motifs is 1. The predicted molar refractivity (Wildman–Crippen MR) is 80.3 cm³/mol. The molecule has 1 aliphatic rings. The molecule has 1 unspecified atom stereocenters. The first kappa shape index (κ1) is 16.6. The van der Waals surface area contributed by atoms with E-state index in [1.54, 1.807) is 12.1 Å². The second kappa shape index (κ2) is 7.46. The highest BCUT2D eigenvalue weighted by molar-refractivity contribution is 9.10. The quantitative estimate of drug-likeness (QED) is 0.771. The lowest BCUT2D eigenvalue weighted by Gasteiger charge is -2.20. The van der Waals surface area contributed by atoms with Gasteiger partial charge in [-0.1, -0.05) is 15.9 Å². The Morgan fingerprint density at radius 1 is 1.36 bits per heavy atom. The third-order valence-electron chi connectivity index (χ3n) is 3.03. The number of carboxylic acid groups (broad SMARTS) is 1. The smallest absolute Gasteiger partial charge is 0.328 e. The maximum absolute atomic E-state index is 12.0. The molecular formula is C14H16BrNO6. The van der Waals surface area contributed by atoms with E-state index in [2.05, 4.69) is 21.2 Å². The van der Waals surface area contributed by atoms with Crippen LogP contribution in [0.15, 0.2) is 16.6 Å². The summed E-state index contributed by atoms with van der Waals surface area (Å²) in [6.07, 6.45) is 0.0186. The van der Waals surface area contributed by atoms with Gasteiger partial charge in [-0.3, -0.25) is 4.79 Å². The highest BCUT2D eigenvalue weighted by Gasteiger charge is 2.21. The number of carbonyl (C=O) groups is 2. The molecule has 1 aliphatic heterocycles. The van der Waals surface area contributed by atoms with Crippen LogP contribution in [0.5, 0.6) is 11.5 Å². The Balaban J connectivity index is 2.06. The highest BCUT2D eigenvalue weighted by atomic mass is 79.9. The van der Waals surface area contributed by atoms with Crippen LogP contribution in [-0.2, 0) is 20.7 Å². The minimum absolute atomic E-state index is 0.0186. The number of benzene rings is 1. The minimum Gasteiger partial charge on any atom is -0.486 e. The van der Waals surface area contributed by atoms with Crippen LogP contribution in [0.3, 0.4) is 0 Å². The van der Waals surface area contributed by atoms with Crippen LogP contribution in [0.4, 0.5) is 0 Å². The molecule has 22 heavy (non-hydrogen) atoms. The van der Waals surface area contributed by atoms with Gasteiger partial charge in [0.05, 0.1) is 13.0 Å². The van der Waals surface area contributed by atoms with Gasteiger partial charge in [0.2, 0.25) is 5.91 Å². The summed E-state index contributed by atoms with van der Waals surface area (Å²) in [7, 11) is 1.37. The molecule has 1 heterocycles. The molecule has 1 aromatic carbocycles. The Labute approximate surface area is 135 Å². The normalized spacial score (nSPS) is 14.3. The summed E-state index contributed by atoms with van der Waals surface area (Å²) < 4.78 is 16.4. The van der Waals surface area contributed by atoms with Gasteiger partial charge in [-0.05, 0) is 17.7 Å². The van der Waals surface area contributed by atoms with E-state index in [-0.39, 0.29) is 13.0 Å². The van der Waals surface area contributed by atoms with Gasteiger partial charge < -0.3 is 24.6 Å². The molecule has 7 nitrogen and oxygen atoms in total. The number of nitrogens with one attached hydrogen (secondary N) is 1. The molecule has 2 N–H and O–H groups in total. The Hall–Kier alpha value is -1.80. The lowest BCUT2D eigenvalue weighted by molar-refractivity contribution is -0.143. The van der Waals surface area contributed by atoms with E-state index < -0.39 is 17.9 Å². The van der Waals surface area contributed by atoms with Crippen LogP contribution in [0.1, 0.15) is 5.56 Å². The number of rotatable bonds is 6. The molecule has 0 spiro atoms. The number of ether oxygens (including phenoxy) is 3. The Bertz CT molecular complexity index is 577. The molecule has 0 aromatic heterocycles. The summed E-state index contributed by atoms with van der Waals surface area (Å²) in [4.78, 5) is 23.0. The Kier molecular flexibility index (Phi) is 5.62. The number of aliphatic carboxylic acids is 1. The summed E-state index contributed by atoms with van der Waals surface area (Å²) in [6.45, 7) is 0.842. The van der Waals surface area contributed by atoms with Gasteiger partial charge in [0, 0.05) is 11.6 Å². The third-order valence-corrected chi connectivity index (χ3v) is 3.77. The van der Waals surface area contributed by atoms with Crippen molar-refractivity contribution >= 4 is 27.8 Å². The van der Waals surface area contributed by atoms with Crippen molar-refractivity contribution < 1.29 is 28.9 Å². The maximum atomic E-state index is 12.0. The first-order valence-electron chi connectivity index (χ1n) is 6.60. The lowest BCUT2D eigenvalue weighted by Crippen LogP contribution is -2.44. The SMILES string of the molecule is COCC(NC(=O)Cc1cc2c(cc1Br)OCCO2)C(=O)O. The maximum Gasteiger partial charge on any atom is 0.328 e. The fourth-order valence-electron chi connectivity index (χ4n) is 2.00. The van der Waals surface area contributed by atoms with E-state index >= 15 is 0 Å². The number of halogens is 1. The summed E-state index contributed by atoms with van der Waals surface area (Å²) in [6, 6.07) is 2.37. The van der Waals surface area contributed by atoms with Gasteiger partial charge >= 0.3 is 5.97 Å². The molecule has 8 heteroatoms. The summed E-state index contributed by atoms with van der Waals surface area (Å²) >= 11 is 3.37. The number of hydrogen-bond acceptors (Lipinski definition) is 5. The van der Waals surface area contributed by atoms with E-state index in [4.69, 9.17) is 19.3 Å². The molecular weight excluding hydrogens is 358 g/mol. The first-order chi connectivity index (χ1) is 10.5. The standard InChI is InChI=1S/C14H16BrNO6/c1-20-7-10(14(18)19)16-13(17)5-8-4-11-12(6-9(8)15)22-3-2-21-11/h4,6,10H,2-3,5,7H2,1H3,(H,16,17)(H,18,19). The molecule has 1 aromatic rings. The fourth-order valence-corrected chi connectivity index (χ4v) is 2.46. The van der Waals surface area contributed by atoms with E-state index in [1.165, 1.54) is 7.11 Å². The van der Waals surface area contributed by atoms with Crippen molar-refractivity contribution in [3.8, 4) is 11.5 Å². The largest absolute Gasteiger partial charge is 0.486 e.